The molecule has 0 aliphatic heterocycles. The molecule has 6 heteroatoms. The fourth-order valence-corrected chi connectivity index (χ4v) is 2.84. The number of ether oxygens (including phenoxy) is 1. The third-order valence-electron chi connectivity index (χ3n) is 4.27. The fourth-order valence-electron chi connectivity index (χ4n) is 2.84. The smallest absolute Gasteiger partial charge is 1.00 e. The standard InChI is InChI=1S/C19H36O4.K.Li.2H/c1-4-6-8-9-10-11-12-13-15-19(3,14-7-5-2)23-18(22)16-17(20)21;;;;/h4-16H2,1-3H3,(H,20,21);;;;/q;2*+1;2*-1. The van der Waals surface area contributed by atoms with E-state index in [9.17, 15) is 9.59 Å². The average Bonchev–Trinajstić information content (AvgIpc) is 2.47. The maximum absolute atomic E-state index is 11.7. The summed E-state index contributed by atoms with van der Waals surface area (Å²) in [7, 11) is 0. The van der Waals surface area contributed by atoms with Gasteiger partial charge < -0.3 is 12.7 Å². The van der Waals surface area contributed by atoms with Gasteiger partial charge in [-0.05, 0) is 32.6 Å². The van der Waals surface area contributed by atoms with Gasteiger partial charge in [0.1, 0.15) is 12.0 Å². The summed E-state index contributed by atoms with van der Waals surface area (Å²) < 4.78 is 5.49. The van der Waals surface area contributed by atoms with Gasteiger partial charge in [-0.25, -0.2) is 0 Å². The number of esters is 1. The summed E-state index contributed by atoms with van der Waals surface area (Å²) in [6.07, 6.45) is 13.1. The van der Waals surface area contributed by atoms with Crippen molar-refractivity contribution in [3.05, 3.63) is 0 Å². The number of unbranched alkanes of at least 4 members (excludes halogenated alkanes) is 8. The van der Waals surface area contributed by atoms with Crippen molar-refractivity contribution in [1.82, 2.24) is 0 Å². The van der Waals surface area contributed by atoms with E-state index in [0.29, 0.717) is 0 Å². The van der Waals surface area contributed by atoms with Crippen molar-refractivity contribution >= 4 is 11.9 Å². The zero-order valence-corrected chi connectivity index (χ0v) is 20.5. The second-order valence-electron chi connectivity index (χ2n) is 6.82. The molecule has 0 aromatic heterocycles. The van der Waals surface area contributed by atoms with E-state index in [1.807, 2.05) is 6.92 Å². The summed E-state index contributed by atoms with van der Waals surface area (Å²) in [5, 5.41) is 8.69. The first-order chi connectivity index (χ1) is 10.9. The number of rotatable bonds is 15. The Labute approximate surface area is 212 Å². The summed E-state index contributed by atoms with van der Waals surface area (Å²) in [4.78, 5) is 22.3. The molecule has 0 heterocycles. The number of carbonyl (C=O) groups is 2. The maximum atomic E-state index is 11.7. The Bertz CT molecular complexity index is 350. The Morgan fingerprint density at radius 1 is 0.880 bits per heavy atom. The minimum Gasteiger partial charge on any atom is -1.00 e. The summed E-state index contributed by atoms with van der Waals surface area (Å²) in [5.41, 5.74) is -0.509. The summed E-state index contributed by atoms with van der Waals surface area (Å²) in [6.45, 7) is 6.28. The molecule has 1 N–H and O–H groups in total. The van der Waals surface area contributed by atoms with Crippen LogP contribution in [-0.2, 0) is 14.3 Å². The third-order valence-corrected chi connectivity index (χ3v) is 4.27. The van der Waals surface area contributed by atoms with Gasteiger partial charge in [-0.3, -0.25) is 9.59 Å². The van der Waals surface area contributed by atoms with E-state index in [0.717, 1.165) is 38.5 Å². The molecule has 0 aliphatic rings. The minimum atomic E-state index is -1.13. The normalized spacial score (nSPS) is 12.4. The molecule has 0 aliphatic carbocycles. The number of hydrogen-bond acceptors (Lipinski definition) is 3. The number of hydrogen-bond donors (Lipinski definition) is 1. The zero-order chi connectivity index (χ0) is 17.6. The first-order valence-electron chi connectivity index (χ1n) is 9.37. The van der Waals surface area contributed by atoms with Gasteiger partial charge in [-0.2, -0.15) is 0 Å². The molecule has 0 spiro atoms. The van der Waals surface area contributed by atoms with E-state index in [1.165, 1.54) is 38.5 Å². The Hall–Kier alpha value is 1.17. The van der Waals surface area contributed by atoms with Gasteiger partial charge >= 0.3 is 82.2 Å². The molecule has 0 rings (SSSR count). The second-order valence-corrected chi connectivity index (χ2v) is 6.82. The molecule has 0 saturated heterocycles. The molecular formula is C19H38KLiO4. The third kappa shape index (κ3) is 19.7. The van der Waals surface area contributed by atoms with Crippen LogP contribution in [0, 0.1) is 0 Å². The van der Waals surface area contributed by atoms with Gasteiger partial charge in [0, 0.05) is 0 Å². The van der Waals surface area contributed by atoms with Gasteiger partial charge in [0.05, 0.1) is 0 Å². The number of carbonyl (C=O) groups excluding carboxylic acids is 1. The Kier molecular flexibility index (Phi) is 24.6. The molecule has 1 atom stereocenters. The second kappa shape index (κ2) is 19.9. The molecular weight excluding hydrogens is 338 g/mol. The van der Waals surface area contributed by atoms with E-state index < -0.39 is 24.0 Å². The first-order valence-corrected chi connectivity index (χ1v) is 9.37. The fraction of sp³-hybridized carbons (Fsp3) is 0.895. The van der Waals surface area contributed by atoms with E-state index in [2.05, 4.69) is 13.8 Å². The van der Waals surface area contributed by atoms with Crippen molar-refractivity contribution in [2.75, 3.05) is 0 Å². The van der Waals surface area contributed by atoms with Crippen LogP contribution in [-0.4, -0.2) is 22.6 Å². The molecule has 25 heavy (non-hydrogen) atoms. The van der Waals surface area contributed by atoms with Crippen molar-refractivity contribution in [3.8, 4) is 0 Å². The van der Waals surface area contributed by atoms with Crippen LogP contribution in [0.1, 0.15) is 107 Å². The van der Waals surface area contributed by atoms with Crippen molar-refractivity contribution in [2.24, 2.45) is 0 Å². The number of aliphatic carboxylic acids is 1. The SMILES string of the molecule is CCCCCCCCCCC(C)(CCCC)OC(=O)CC(=O)O.[H-].[H-].[K+].[Li+]. The molecule has 140 valence electrons. The summed E-state index contributed by atoms with van der Waals surface area (Å²) in [6, 6.07) is 0. The van der Waals surface area contributed by atoms with Crippen LogP contribution < -0.4 is 70.2 Å². The van der Waals surface area contributed by atoms with Crippen LogP contribution in [0.2, 0.25) is 0 Å². The number of carboxylic acid groups (broad SMARTS) is 1. The van der Waals surface area contributed by atoms with Gasteiger partial charge in [0.15, 0.2) is 0 Å². The Morgan fingerprint density at radius 2 is 1.32 bits per heavy atom. The Balaban J connectivity index is -0.000000403. The molecule has 0 amide bonds. The van der Waals surface area contributed by atoms with Crippen LogP contribution in [0.15, 0.2) is 0 Å². The largest absolute Gasteiger partial charge is 1.00 e. The molecule has 0 bridgehead atoms. The van der Waals surface area contributed by atoms with Crippen LogP contribution in [0.25, 0.3) is 0 Å². The van der Waals surface area contributed by atoms with Crippen LogP contribution >= 0.6 is 0 Å². The monoisotopic (exact) mass is 376 g/mol. The van der Waals surface area contributed by atoms with Crippen molar-refractivity contribution < 1.29 is 92.5 Å². The van der Waals surface area contributed by atoms with Gasteiger partial charge in [0.2, 0.25) is 0 Å². The number of carboxylic acids is 1. The summed E-state index contributed by atoms with van der Waals surface area (Å²) >= 11 is 0. The van der Waals surface area contributed by atoms with Crippen LogP contribution in [0.4, 0.5) is 0 Å². The molecule has 0 radical (unpaired) electrons. The van der Waals surface area contributed by atoms with Crippen molar-refractivity contribution in [3.63, 3.8) is 0 Å². The summed E-state index contributed by atoms with van der Waals surface area (Å²) in [5.74, 6) is -1.74. The quantitative estimate of drug-likeness (QED) is 0.185. The minimum absolute atomic E-state index is 0. The van der Waals surface area contributed by atoms with Gasteiger partial charge in [0.25, 0.3) is 0 Å². The van der Waals surface area contributed by atoms with E-state index in [-0.39, 0.29) is 73.1 Å². The molecule has 0 aromatic carbocycles. The predicted octanol–water partition coefficient (Wildman–Crippen LogP) is -0.283. The molecule has 1 unspecified atom stereocenters. The predicted molar refractivity (Wildman–Crippen MR) is 95.7 cm³/mol. The van der Waals surface area contributed by atoms with E-state index in [1.54, 1.807) is 0 Å². The van der Waals surface area contributed by atoms with E-state index in [4.69, 9.17) is 9.84 Å². The Morgan fingerprint density at radius 3 is 1.80 bits per heavy atom. The van der Waals surface area contributed by atoms with Crippen LogP contribution in [0.3, 0.4) is 0 Å². The molecule has 0 fully saturated rings. The van der Waals surface area contributed by atoms with E-state index >= 15 is 0 Å². The average molecular weight is 377 g/mol. The van der Waals surface area contributed by atoms with Crippen LogP contribution in [0.5, 0.6) is 0 Å². The molecule has 0 saturated carbocycles. The van der Waals surface area contributed by atoms with Crippen molar-refractivity contribution in [2.45, 2.75) is 110 Å². The van der Waals surface area contributed by atoms with Crippen molar-refractivity contribution in [1.29, 1.82) is 0 Å². The maximum Gasteiger partial charge on any atom is 1.00 e. The molecule has 0 aromatic rings. The molecule has 4 nitrogen and oxygen atoms in total. The van der Waals surface area contributed by atoms with Gasteiger partial charge in [-0.1, -0.05) is 65.2 Å². The zero-order valence-electron chi connectivity index (χ0n) is 19.4. The first kappa shape index (κ1) is 30.9. The topological polar surface area (TPSA) is 63.6 Å². The van der Waals surface area contributed by atoms with Gasteiger partial charge in [-0.15, -0.1) is 0 Å².